The molecule has 4 heteroatoms. The summed E-state index contributed by atoms with van der Waals surface area (Å²) in [6.07, 6.45) is -0.186. The summed E-state index contributed by atoms with van der Waals surface area (Å²) in [6.45, 7) is 2.66. The zero-order chi connectivity index (χ0) is 12.3. The molecular weight excluding hydrogens is 218 g/mol. The molecule has 1 aromatic carbocycles. The Labute approximate surface area is 100 Å². The molecule has 0 spiro atoms. The van der Waals surface area contributed by atoms with Gasteiger partial charge in [-0.25, -0.2) is 9.69 Å². The largest absolute Gasteiger partial charge is 0.447 e. The molecule has 0 radical (unpaired) electrons. The Kier molecular flexibility index (Phi) is 3.42. The van der Waals surface area contributed by atoms with E-state index >= 15 is 0 Å². The predicted molar refractivity (Wildman–Crippen MR) is 62.5 cm³/mol. The van der Waals surface area contributed by atoms with Crippen LogP contribution in [0.1, 0.15) is 24.8 Å². The van der Waals surface area contributed by atoms with Crippen LogP contribution in [0.25, 0.3) is 0 Å². The summed E-state index contributed by atoms with van der Waals surface area (Å²) < 4.78 is 4.74. The molecule has 0 saturated carbocycles. The normalized spacial score (nSPS) is 16.8. The molecule has 2 rings (SSSR count). The molecule has 0 aromatic heterocycles. The molecule has 1 fully saturated rings. The number of amides is 2. The zero-order valence-electron chi connectivity index (χ0n) is 9.76. The van der Waals surface area contributed by atoms with Gasteiger partial charge >= 0.3 is 6.09 Å². The molecule has 1 saturated heterocycles. The SMILES string of the molecule is CC(CC(=O)N1CCOC1=O)c1ccccc1. The third kappa shape index (κ3) is 2.64. The lowest BCUT2D eigenvalue weighted by Crippen LogP contribution is -2.32. The number of ether oxygens (including phenoxy) is 1. The van der Waals surface area contributed by atoms with Gasteiger partial charge in [-0.2, -0.15) is 0 Å². The highest BCUT2D eigenvalue weighted by Crippen LogP contribution is 2.20. The van der Waals surface area contributed by atoms with Crippen LogP contribution in [-0.4, -0.2) is 30.1 Å². The van der Waals surface area contributed by atoms with Gasteiger partial charge in [0.2, 0.25) is 5.91 Å². The minimum atomic E-state index is -0.518. The molecule has 4 nitrogen and oxygen atoms in total. The van der Waals surface area contributed by atoms with E-state index in [1.165, 1.54) is 4.90 Å². The molecule has 1 heterocycles. The number of hydrogen-bond acceptors (Lipinski definition) is 3. The van der Waals surface area contributed by atoms with Crippen molar-refractivity contribution in [2.75, 3.05) is 13.2 Å². The van der Waals surface area contributed by atoms with Crippen LogP contribution in [0.3, 0.4) is 0 Å². The fourth-order valence-corrected chi connectivity index (χ4v) is 1.89. The molecule has 1 atom stereocenters. The zero-order valence-corrected chi connectivity index (χ0v) is 9.76. The number of cyclic esters (lactones) is 1. The average molecular weight is 233 g/mol. The van der Waals surface area contributed by atoms with Gasteiger partial charge in [0.05, 0.1) is 6.54 Å². The molecule has 1 aromatic rings. The van der Waals surface area contributed by atoms with E-state index in [1.54, 1.807) is 0 Å². The van der Waals surface area contributed by atoms with E-state index < -0.39 is 6.09 Å². The number of nitrogens with zero attached hydrogens (tertiary/aromatic N) is 1. The second kappa shape index (κ2) is 4.99. The van der Waals surface area contributed by atoms with Gasteiger partial charge in [-0.05, 0) is 11.5 Å². The van der Waals surface area contributed by atoms with Crippen molar-refractivity contribution in [1.82, 2.24) is 4.90 Å². The van der Waals surface area contributed by atoms with Gasteiger partial charge in [-0.15, -0.1) is 0 Å². The summed E-state index contributed by atoms with van der Waals surface area (Å²) in [7, 11) is 0. The molecule has 17 heavy (non-hydrogen) atoms. The quantitative estimate of drug-likeness (QED) is 0.803. The van der Waals surface area contributed by atoms with Crippen LogP contribution in [0.5, 0.6) is 0 Å². The van der Waals surface area contributed by atoms with Crippen LogP contribution < -0.4 is 0 Å². The smallest absolute Gasteiger partial charge is 0.416 e. The van der Waals surface area contributed by atoms with Crippen LogP contribution in [0, 0.1) is 0 Å². The predicted octanol–water partition coefficient (Wildman–Crippen LogP) is 2.16. The summed E-state index contributed by atoms with van der Waals surface area (Å²) in [5.41, 5.74) is 1.11. The fraction of sp³-hybridized carbons (Fsp3) is 0.385. The highest BCUT2D eigenvalue weighted by Gasteiger charge is 2.29. The summed E-state index contributed by atoms with van der Waals surface area (Å²) in [6, 6.07) is 9.80. The maximum Gasteiger partial charge on any atom is 0.416 e. The molecule has 1 aliphatic heterocycles. The van der Waals surface area contributed by atoms with Crippen LogP contribution in [0.4, 0.5) is 4.79 Å². The van der Waals surface area contributed by atoms with Crippen LogP contribution in [0.15, 0.2) is 30.3 Å². The van der Waals surface area contributed by atoms with Crippen molar-refractivity contribution >= 4 is 12.0 Å². The summed E-state index contributed by atoms with van der Waals surface area (Å²) in [4.78, 5) is 24.3. The van der Waals surface area contributed by atoms with E-state index in [2.05, 4.69) is 0 Å². The molecular formula is C13H15NO3. The van der Waals surface area contributed by atoms with Crippen molar-refractivity contribution in [3.05, 3.63) is 35.9 Å². The molecule has 0 aliphatic carbocycles. The van der Waals surface area contributed by atoms with Crippen molar-refractivity contribution < 1.29 is 14.3 Å². The molecule has 1 aliphatic rings. The maximum absolute atomic E-state index is 11.9. The first kappa shape index (κ1) is 11.6. The van der Waals surface area contributed by atoms with E-state index in [4.69, 9.17) is 4.74 Å². The number of hydrogen-bond donors (Lipinski definition) is 0. The Morgan fingerprint density at radius 1 is 1.41 bits per heavy atom. The topological polar surface area (TPSA) is 46.6 Å². The van der Waals surface area contributed by atoms with Crippen molar-refractivity contribution in [2.24, 2.45) is 0 Å². The molecule has 0 N–H and O–H groups in total. The van der Waals surface area contributed by atoms with E-state index in [1.807, 2.05) is 37.3 Å². The number of carbonyl (C=O) groups is 2. The van der Waals surface area contributed by atoms with Gasteiger partial charge in [-0.3, -0.25) is 4.79 Å². The minimum absolute atomic E-state index is 0.108. The van der Waals surface area contributed by atoms with Crippen molar-refractivity contribution in [1.29, 1.82) is 0 Å². The first-order valence-corrected chi connectivity index (χ1v) is 5.70. The Morgan fingerprint density at radius 2 is 2.12 bits per heavy atom. The van der Waals surface area contributed by atoms with E-state index in [-0.39, 0.29) is 11.8 Å². The third-order valence-corrected chi connectivity index (χ3v) is 2.91. The van der Waals surface area contributed by atoms with Crippen LogP contribution in [-0.2, 0) is 9.53 Å². The van der Waals surface area contributed by atoms with Gasteiger partial charge in [-0.1, -0.05) is 37.3 Å². The van der Waals surface area contributed by atoms with Gasteiger partial charge in [0.15, 0.2) is 0 Å². The van der Waals surface area contributed by atoms with Gasteiger partial charge < -0.3 is 4.74 Å². The monoisotopic (exact) mass is 233 g/mol. The number of carbonyl (C=O) groups excluding carboxylic acids is 2. The van der Waals surface area contributed by atoms with Crippen LogP contribution >= 0.6 is 0 Å². The Bertz CT molecular complexity index is 416. The Morgan fingerprint density at radius 3 is 2.71 bits per heavy atom. The molecule has 90 valence electrons. The second-order valence-corrected chi connectivity index (χ2v) is 4.18. The van der Waals surface area contributed by atoms with Crippen molar-refractivity contribution in [2.45, 2.75) is 19.3 Å². The number of benzene rings is 1. The van der Waals surface area contributed by atoms with E-state index in [0.717, 1.165) is 5.56 Å². The lowest BCUT2D eigenvalue weighted by Gasteiger charge is -2.15. The fourth-order valence-electron chi connectivity index (χ4n) is 1.89. The Hall–Kier alpha value is -1.84. The highest BCUT2D eigenvalue weighted by molar-refractivity contribution is 5.93. The van der Waals surface area contributed by atoms with Gasteiger partial charge in [0.1, 0.15) is 6.61 Å². The first-order chi connectivity index (χ1) is 8.18. The highest BCUT2D eigenvalue weighted by atomic mass is 16.6. The first-order valence-electron chi connectivity index (χ1n) is 5.70. The average Bonchev–Trinajstić information content (AvgIpc) is 2.76. The standard InChI is InChI=1S/C13H15NO3/c1-10(11-5-3-2-4-6-11)9-12(15)14-7-8-17-13(14)16/h2-6,10H,7-9H2,1H3. The van der Waals surface area contributed by atoms with E-state index in [9.17, 15) is 9.59 Å². The number of imide groups is 1. The molecule has 2 amide bonds. The lowest BCUT2D eigenvalue weighted by molar-refractivity contribution is -0.128. The number of rotatable bonds is 3. The van der Waals surface area contributed by atoms with Crippen molar-refractivity contribution in [3.63, 3.8) is 0 Å². The lowest BCUT2D eigenvalue weighted by atomic mass is 9.97. The second-order valence-electron chi connectivity index (χ2n) is 4.18. The summed E-state index contributed by atoms with van der Waals surface area (Å²) in [5, 5.41) is 0. The molecule has 1 unspecified atom stereocenters. The van der Waals surface area contributed by atoms with Crippen LogP contribution in [0.2, 0.25) is 0 Å². The van der Waals surface area contributed by atoms with Gasteiger partial charge in [0, 0.05) is 6.42 Å². The van der Waals surface area contributed by atoms with Crippen molar-refractivity contribution in [3.8, 4) is 0 Å². The summed E-state index contributed by atoms with van der Waals surface area (Å²) in [5.74, 6) is -0.0547. The molecule has 0 bridgehead atoms. The third-order valence-electron chi connectivity index (χ3n) is 2.91. The van der Waals surface area contributed by atoms with E-state index in [0.29, 0.717) is 19.6 Å². The van der Waals surface area contributed by atoms with Gasteiger partial charge in [0.25, 0.3) is 0 Å². The summed E-state index contributed by atoms with van der Waals surface area (Å²) >= 11 is 0. The Balaban J connectivity index is 1.97. The minimum Gasteiger partial charge on any atom is -0.447 e. The maximum atomic E-state index is 11.9.